The first kappa shape index (κ1) is 45.4. The Morgan fingerprint density at radius 2 is 0.508 bits per heavy atom. The normalized spacial score (nSPS) is 11.3. The average Bonchev–Trinajstić information content (AvgIpc) is 3.23. The van der Waals surface area contributed by atoms with Crippen LogP contribution in [0.15, 0.2) is 166 Å². The molecule has 0 aliphatic heterocycles. The van der Waals surface area contributed by atoms with Crippen molar-refractivity contribution in [2.45, 2.75) is 0 Å². The van der Waals surface area contributed by atoms with Crippen LogP contribution in [0, 0.1) is 0 Å². The van der Waals surface area contributed by atoms with Gasteiger partial charge in [0.1, 0.15) is 23.0 Å². The van der Waals surface area contributed by atoms with Gasteiger partial charge in [-0.1, -0.05) is 121 Å². The molecule has 11 heteroatoms. The molecule has 8 aromatic rings. The summed E-state index contributed by atoms with van der Waals surface area (Å²) in [5.74, 6) is 0.858. The van der Waals surface area contributed by atoms with Crippen molar-refractivity contribution >= 4 is 67.9 Å². The second-order valence-electron chi connectivity index (χ2n) is 13.0. The third-order valence-electron chi connectivity index (χ3n) is 9.39. The van der Waals surface area contributed by atoms with Crippen molar-refractivity contribution in [2.75, 3.05) is 26.2 Å². The molecule has 0 saturated carbocycles. The van der Waals surface area contributed by atoms with Crippen LogP contribution in [0.5, 0.6) is 23.0 Å². The molecule has 0 fully saturated rings. The Morgan fingerprint density at radius 1 is 0.305 bits per heavy atom. The number of phenolic OH excluding ortho intramolecular Hbond substituents is 4. The zero-order valence-corrected chi connectivity index (χ0v) is 34.0. The van der Waals surface area contributed by atoms with Crippen LogP contribution in [0.4, 0.5) is 0 Å². The Morgan fingerprint density at radius 3 is 0.729 bits per heavy atom. The molecular formula is C48H42Fe2N4O5. The van der Waals surface area contributed by atoms with E-state index in [4.69, 9.17) is 0 Å². The zero-order valence-electron chi connectivity index (χ0n) is 31.8. The van der Waals surface area contributed by atoms with Crippen LogP contribution in [0.25, 0.3) is 43.1 Å². The third-order valence-corrected chi connectivity index (χ3v) is 9.39. The molecule has 0 atom stereocenters. The Bertz CT molecular complexity index is 2410. The number of rotatable bonds is 10. The topological polar surface area (TPSA) is 162 Å². The van der Waals surface area contributed by atoms with E-state index in [2.05, 4.69) is 20.0 Å². The standard InChI is InChI=1S/2C24H20N2O2.2Fe.H2O/c2*27-23-11-9-17-5-1-3-7-19(17)21(23)15-25-13-14-26-16-22-20-8-4-2-6-18(20)10-12-24(22)28;;;/h2*1-12,15-16,27-28H,13-14H2;;;1H2. The van der Waals surface area contributed by atoms with E-state index in [9.17, 15) is 20.4 Å². The van der Waals surface area contributed by atoms with E-state index in [0.29, 0.717) is 48.4 Å². The van der Waals surface area contributed by atoms with Crippen LogP contribution in [0.1, 0.15) is 22.3 Å². The van der Waals surface area contributed by atoms with Crippen molar-refractivity contribution in [2.24, 2.45) is 20.0 Å². The van der Waals surface area contributed by atoms with Crippen LogP contribution >= 0.6 is 0 Å². The summed E-state index contributed by atoms with van der Waals surface area (Å²) in [6.45, 7) is 1.96. The van der Waals surface area contributed by atoms with Gasteiger partial charge in [-0.15, -0.1) is 0 Å². The Kier molecular flexibility index (Phi) is 16.9. The summed E-state index contributed by atoms with van der Waals surface area (Å²) in [5.41, 5.74) is 2.87. The number of nitrogens with zero attached hydrogens (tertiary/aromatic N) is 4. The fourth-order valence-electron chi connectivity index (χ4n) is 6.53. The second-order valence-corrected chi connectivity index (χ2v) is 13.0. The van der Waals surface area contributed by atoms with E-state index in [-0.39, 0.29) is 62.6 Å². The van der Waals surface area contributed by atoms with Crippen LogP contribution in [0.3, 0.4) is 0 Å². The second kappa shape index (κ2) is 22.0. The van der Waals surface area contributed by atoms with Gasteiger partial charge < -0.3 is 25.9 Å². The molecule has 0 amide bonds. The van der Waals surface area contributed by atoms with Crippen LogP contribution < -0.4 is 0 Å². The van der Waals surface area contributed by atoms with Crippen molar-refractivity contribution in [3.63, 3.8) is 0 Å². The largest absolute Gasteiger partial charge is 0.507 e. The summed E-state index contributed by atoms with van der Waals surface area (Å²) < 4.78 is 0. The van der Waals surface area contributed by atoms with Crippen molar-refractivity contribution < 1.29 is 60.0 Å². The molecule has 9 nitrogen and oxygen atoms in total. The number of phenols is 4. The fourth-order valence-corrected chi connectivity index (χ4v) is 6.53. The maximum atomic E-state index is 10.1. The maximum Gasteiger partial charge on any atom is 0.124 e. The number of aromatic hydroxyl groups is 4. The minimum Gasteiger partial charge on any atom is -0.507 e. The molecule has 0 aliphatic rings. The number of aliphatic imine (C=N–C) groups is 4. The quantitative estimate of drug-likeness (QED) is 0.0614. The summed E-state index contributed by atoms with van der Waals surface area (Å²) in [6.07, 6.45) is 6.79. The van der Waals surface area contributed by atoms with Gasteiger partial charge >= 0.3 is 0 Å². The first-order valence-corrected chi connectivity index (χ1v) is 18.3. The third kappa shape index (κ3) is 11.0. The number of hydrogen-bond donors (Lipinski definition) is 4. The summed E-state index contributed by atoms with van der Waals surface area (Å²) >= 11 is 0. The van der Waals surface area contributed by atoms with Crippen molar-refractivity contribution in [3.8, 4) is 23.0 Å². The molecule has 0 saturated heterocycles. The predicted molar refractivity (Wildman–Crippen MR) is 236 cm³/mol. The SMILES string of the molecule is O.Oc1ccc2ccccc2c1C=NCCN=Cc1c(O)ccc2ccccc12.Oc1ccc2ccccc2c1C=NCCN=Cc1c(O)ccc2ccccc12.[Fe].[Fe]. The molecular weight excluding hydrogens is 824 g/mol. The monoisotopic (exact) mass is 866 g/mol. The van der Waals surface area contributed by atoms with Crippen molar-refractivity contribution in [3.05, 3.63) is 168 Å². The molecule has 8 rings (SSSR count). The fraction of sp³-hybridized carbons (Fsp3) is 0.0833. The maximum absolute atomic E-state index is 10.1. The van der Waals surface area contributed by atoms with Gasteiger partial charge in [0, 0.05) is 81.2 Å². The van der Waals surface area contributed by atoms with Gasteiger partial charge in [0.2, 0.25) is 0 Å². The zero-order chi connectivity index (χ0) is 38.7. The van der Waals surface area contributed by atoms with Crippen molar-refractivity contribution in [1.82, 2.24) is 0 Å². The molecule has 0 spiro atoms. The number of fused-ring (bicyclic) bond motifs is 4. The molecule has 0 radical (unpaired) electrons. The molecule has 0 unspecified atom stereocenters. The van der Waals surface area contributed by atoms with Gasteiger partial charge in [-0.25, -0.2) is 0 Å². The number of benzene rings is 8. The van der Waals surface area contributed by atoms with Gasteiger partial charge in [0.05, 0.1) is 26.2 Å². The van der Waals surface area contributed by atoms with Gasteiger partial charge in [0.25, 0.3) is 0 Å². The smallest absolute Gasteiger partial charge is 0.124 e. The average molecular weight is 867 g/mol. The minimum atomic E-state index is 0. The molecule has 0 bridgehead atoms. The first-order valence-electron chi connectivity index (χ1n) is 18.3. The molecule has 0 aromatic heterocycles. The molecule has 0 aliphatic carbocycles. The summed E-state index contributed by atoms with van der Waals surface area (Å²) in [6, 6.07) is 45.9. The van der Waals surface area contributed by atoms with Gasteiger partial charge in [-0.2, -0.15) is 0 Å². The van der Waals surface area contributed by atoms with Crippen LogP contribution in [0.2, 0.25) is 0 Å². The van der Waals surface area contributed by atoms with Crippen LogP contribution in [-0.4, -0.2) is 76.9 Å². The summed E-state index contributed by atoms with van der Waals surface area (Å²) in [4.78, 5) is 17.6. The van der Waals surface area contributed by atoms with E-state index in [0.717, 1.165) is 43.1 Å². The predicted octanol–water partition coefficient (Wildman–Crippen LogP) is 9.05. The summed E-state index contributed by atoms with van der Waals surface area (Å²) in [5, 5.41) is 48.7. The van der Waals surface area contributed by atoms with Crippen LogP contribution in [-0.2, 0) is 34.1 Å². The Balaban J connectivity index is 0.000000248. The minimum absolute atomic E-state index is 0. The van der Waals surface area contributed by atoms with Crippen molar-refractivity contribution in [1.29, 1.82) is 0 Å². The molecule has 0 heterocycles. The van der Waals surface area contributed by atoms with E-state index in [1.807, 2.05) is 121 Å². The van der Waals surface area contributed by atoms with E-state index in [1.54, 1.807) is 49.1 Å². The number of hydrogen-bond acceptors (Lipinski definition) is 8. The van der Waals surface area contributed by atoms with E-state index in [1.165, 1.54) is 0 Å². The van der Waals surface area contributed by atoms with Gasteiger partial charge in [-0.05, 0) is 67.4 Å². The molecule has 59 heavy (non-hydrogen) atoms. The van der Waals surface area contributed by atoms with Gasteiger partial charge in [0.15, 0.2) is 0 Å². The molecule has 300 valence electrons. The first-order chi connectivity index (χ1) is 27.5. The van der Waals surface area contributed by atoms with E-state index < -0.39 is 0 Å². The molecule has 6 N–H and O–H groups in total. The molecule has 8 aromatic carbocycles. The Labute approximate surface area is 363 Å². The summed E-state index contributed by atoms with van der Waals surface area (Å²) in [7, 11) is 0. The Hall–Kier alpha value is -6.32. The van der Waals surface area contributed by atoms with Gasteiger partial charge in [-0.3, -0.25) is 20.0 Å². The van der Waals surface area contributed by atoms with E-state index >= 15 is 0 Å².